The monoisotopic (exact) mass is 308 g/mol. The van der Waals surface area contributed by atoms with E-state index in [9.17, 15) is 0 Å². The SMILES string of the molecule is CC(N[C@H]1CCCC1N[C@@H](C)c1ccccc1)c1ccccc1. The van der Waals surface area contributed by atoms with E-state index in [2.05, 4.69) is 85.1 Å². The van der Waals surface area contributed by atoms with Gasteiger partial charge in [-0.05, 0) is 37.8 Å². The Morgan fingerprint density at radius 3 is 1.48 bits per heavy atom. The van der Waals surface area contributed by atoms with Crippen LogP contribution < -0.4 is 10.6 Å². The van der Waals surface area contributed by atoms with Gasteiger partial charge in [0.15, 0.2) is 0 Å². The summed E-state index contributed by atoms with van der Waals surface area (Å²) in [5.74, 6) is 0. The van der Waals surface area contributed by atoms with Gasteiger partial charge in [-0.1, -0.05) is 67.1 Å². The van der Waals surface area contributed by atoms with E-state index in [1.807, 2.05) is 0 Å². The summed E-state index contributed by atoms with van der Waals surface area (Å²) in [4.78, 5) is 0. The summed E-state index contributed by atoms with van der Waals surface area (Å²) in [5.41, 5.74) is 2.74. The number of benzene rings is 2. The molecule has 0 aliphatic heterocycles. The fourth-order valence-electron chi connectivity index (χ4n) is 3.68. The summed E-state index contributed by atoms with van der Waals surface area (Å²) in [6.45, 7) is 4.54. The fraction of sp³-hybridized carbons (Fsp3) is 0.429. The smallest absolute Gasteiger partial charge is 0.0295 e. The normalized spacial score (nSPS) is 23.6. The highest BCUT2D eigenvalue weighted by Crippen LogP contribution is 2.25. The van der Waals surface area contributed by atoms with Gasteiger partial charge in [0.1, 0.15) is 0 Å². The van der Waals surface area contributed by atoms with Crippen LogP contribution in [-0.2, 0) is 0 Å². The van der Waals surface area contributed by atoms with Crippen LogP contribution >= 0.6 is 0 Å². The molecule has 0 spiro atoms. The Hall–Kier alpha value is -1.64. The summed E-state index contributed by atoms with van der Waals surface area (Å²) in [7, 11) is 0. The van der Waals surface area contributed by atoms with Crippen LogP contribution in [0, 0.1) is 0 Å². The van der Waals surface area contributed by atoms with Crippen molar-refractivity contribution < 1.29 is 0 Å². The van der Waals surface area contributed by atoms with E-state index in [-0.39, 0.29) is 0 Å². The third-order valence-electron chi connectivity index (χ3n) is 5.04. The van der Waals surface area contributed by atoms with E-state index >= 15 is 0 Å². The molecule has 23 heavy (non-hydrogen) atoms. The highest BCUT2D eigenvalue weighted by Gasteiger charge is 2.29. The van der Waals surface area contributed by atoms with Gasteiger partial charge in [-0.2, -0.15) is 0 Å². The van der Waals surface area contributed by atoms with Gasteiger partial charge in [0, 0.05) is 24.2 Å². The van der Waals surface area contributed by atoms with Crippen molar-refractivity contribution in [2.75, 3.05) is 0 Å². The van der Waals surface area contributed by atoms with E-state index < -0.39 is 0 Å². The Labute approximate surface area is 140 Å². The number of hydrogen-bond acceptors (Lipinski definition) is 2. The summed E-state index contributed by atoms with van der Waals surface area (Å²) < 4.78 is 0. The van der Waals surface area contributed by atoms with Crippen LogP contribution in [0.15, 0.2) is 60.7 Å². The Balaban J connectivity index is 1.59. The quantitative estimate of drug-likeness (QED) is 0.814. The molecule has 0 bridgehead atoms. The number of hydrogen-bond donors (Lipinski definition) is 2. The average Bonchev–Trinajstić information content (AvgIpc) is 3.03. The van der Waals surface area contributed by atoms with Crippen LogP contribution in [0.2, 0.25) is 0 Å². The average molecular weight is 308 g/mol. The highest BCUT2D eigenvalue weighted by atomic mass is 15.1. The first kappa shape index (κ1) is 16.2. The van der Waals surface area contributed by atoms with Crippen molar-refractivity contribution in [1.29, 1.82) is 0 Å². The zero-order valence-corrected chi connectivity index (χ0v) is 14.2. The lowest BCUT2D eigenvalue weighted by Gasteiger charge is -2.29. The predicted octanol–water partition coefficient (Wildman–Crippen LogP) is 4.61. The van der Waals surface area contributed by atoms with Gasteiger partial charge in [0.2, 0.25) is 0 Å². The minimum atomic E-state index is 0.399. The summed E-state index contributed by atoms with van der Waals surface area (Å²) in [6.07, 6.45) is 3.82. The van der Waals surface area contributed by atoms with Crippen LogP contribution in [-0.4, -0.2) is 12.1 Å². The van der Waals surface area contributed by atoms with Gasteiger partial charge in [0.05, 0.1) is 0 Å². The third kappa shape index (κ3) is 4.21. The van der Waals surface area contributed by atoms with Crippen molar-refractivity contribution in [3.8, 4) is 0 Å². The second-order valence-electron chi connectivity index (χ2n) is 6.74. The van der Waals surface area contributed by atoms with Crippen molar-refractivity contribution in [2.24, 2.45) is 0 Å². The molecule has 2 aromatic rings. The Bertz CT molecular complexity index is 528. The molecule has 2 heteroatoms. The molecule has 0 saturated heterocycles. The highest BCUT2D eigenvalue weighted by molar-refractivity contribution is 5.20. The summed E-state index contributed by atoms with van der Waals surface area (Å²) >= 11 is 0. The largest absolute Gasteiger partial charge is 0.306 e. The van der Waals surface area contributed by atoms with Gasteiger partial charge < -0.3 is 10.6 Å². The van der Waals surface area contributed by atoms with Crippen molar-refractivity contribution >= 4 is 0 Å². The van der Waals surface area contributed by atoms with E-state index in [1.165, 1.54) is 30.4 Å². The second kappa shape index (κ2) is 7.76. The standard InChI is InChI=1S/C21H28N2/c1-16(18-10-5-3-6-11-18)22-20-14-9-15-21(20)23-17(2)19-12-7-4-8-13-19/h3-8,10-13,16-17,20-23H,9,14-15H2,1-2H3/t16-,17?,20?,21-/m0/s1. The van der Waals surface area contributed by atoms with E-state index in [1.54, 1.807) is 0 Å². The topological polar surface area (TPSA) is 24.1 Å². The van der Waals surface area contributed by atoms with Gasteiger partial charge in [-0.25, -0.2) is 0 Å². The van der Waals surface area contributed by atoms with Crippen molar-refractivity contribution in [1.82, 2.24) is 10.6 Å². The van der Waals surface area contributed by atoms with E-state index in [4.69, 9.17) is 0 Å². The predicted molar refractivity (Wildman–Crippen MR) is 97.4 cm³/mol. The van der Waals surface area contributed by atoms with Gasteiger partial charge in [-0.15, -0.1) is 0 Å². The molecule has 1 saturated carbocycles. The molecule has 0 radical (unpaired) electrons. The molecule has 122 valence electrons. The molecule has 1 fully saturated rings. The summed E-state index contributed by atoms with van der Waals surface area (Å²) in [6, 6.07) is 23.4. The Kier molecular flexibility index (Phi) is 5.47. The molecule has 2 N–H and O–H groups in total. The first-order valence-electron chi connectivity index (χ1n) is 8.86. The first-order chi connectivity index (χ1) is 11.2. The Morgan fingerprint density at radius 1 is 0.696 bits per heavy atom. The number of nitrogens with one attached hydrogen (secondary N) is 2. The maximum absolute atomic E-state index is 3.84. The molecule has 2 aromatic carbocycles. The molecule has 3 rings (SSSR count). The molecular formula is C21H28N2. The van der Waals surface area contributed by atoms with Crippen LogP contribution in [0.4, 0.5) is 0 Å². The van der Waals surface area contributed by atoms with Gasteiger partial charge >= 0.3 is 0 Å². The molecule has 2 unspecified atom stereocenters. The molecular weight excluding hydrogens is 280 g/mol. The summed E-state index contributed by atoms with van der Waals surface area (Å²) in [5, 5.41) is 7.68. The maximum atomic E-state index is 3.84. The van der Waals surface area contributed by atoms with E-state index in [0.29, 0.717) is 24.2 Å². The lowest BCUT2D eigenvalue weighted by Crippen LogP contribution is -2.45. The molecule has 1 aliphatic rings. The number of rotatable bonds is 6. The minimum absolute atomic E-state index is 0.399. The Morgan fingerprint density at radius 2 is 1.09 bits per heavy atom. The molecule has 2 nitrogen and oxygen atoms in total. The molecule has 0 heterocycles. The van der Waals surface area contributed by atoms with E-state index in [0.717, 1.165) is 0 Å². The lowest BCUT2D eigenvalue weighted by atomic mass is 10.0. The molecule has 0 amide bonds. The second-order valence-corrected chi connectivity index (χ2v) is 6.74. The van der Waals surface area contributed by atoms with Crippen LogP contribution in [0.5, 0.6) is 0 Å². The molecule has 4 atom stereocenters. The third-order valence-corrected chi connectivity index (χ3v) is 5.04. The van der Waals surface area contributed by atoms with Crippen molar-refractivity contribution in [3.05, 3.63) is 71.8 Å². The molecule has 0 aromatic heterocycles. The fourth-order valence-corrected chi connectivity index (χ4v) is 3.68. The van der Waals surface area contributed by atoms with Crippen molar-refractivity contribution in [3.63, 3.8) is 0 Å². The van der Waals surface area contributed by atoms with Crippen LogP contribution in [0.3, 0.4) is 0 Å². The first-order valence-corrected chi connectivity index (χ1v) is 8.86. The maximum Gasteiger partial charge on any atom is 0.0295 e. The van der Waals surface area contributed by atoms with Crippen LogP contribution in [0.1, 0.15) is 56.3 Å². The zero-order chi connectivity index (χ0) is 16.1. The molecule has 1 aliphatic carbocycles. The van der Waals surface area contributed by atoms with Crippen molar-refractivity contribution in [2.45, 2.75) is 57.3 Å². The van der Waals surface area contributed by atoms with Gasteiger partial charge in [-0.3, -0.25) is 0 Å². The lowest BCUT2D eigenvalue weighted by molar-refractivity contribution is 0.356. The minimum Gasteiger partial charge on any atom is -0.306 e. The van der Waals surface area contributed by atoms with Crippen LogP contribution in [0.25, 0.3) is 0 Å². The van der Waals surface area contributed by atoms with Gasteiger partial charge in [0.25, 0.3) is 0 Å². The zero-order valence-electron chi connectivity index (χ0n) is 14.2.